The van der Waals surface area contributed by atoms with Crippen LogP contribution in [0.25, 0.3) is 11.5 Å². The van der Waals surface area contributed by atoms with Gasteiger partial charge in [-0.2, -0.15) is 5.10 Å². The number of nitrogens with one attached hydrogen (secondary N) is 1. The van der Waals surface area contributed by atoms with Crippen molar-refractivity contribution < 1.29 is 9.53 Å². The number of methoxy groups -OCH3 is 1. The van der Waals surface area contributed by atoms with Crippen molar-refractivity contribution in [2.75, 3.05) is 39.3 Å². The van der Waals surface area contributed by atoms with Crippen LogP contribution in [0, 0.1) is 6.92 Å². The van der Waals surface area contributed by atoms with Crippen molar-refractivity contribution in [2.24, 2.45) is 0 Å². The molecule has 1 aliphatic heterocycles. The first-order valence-electron chi connectivity index (χ1n) is 12.1. The Morgan fingerprint density at radius 2 is 1.83 bits per heavy atom. The van der Waals surface area contributed by atoms with Crippen molar-refractivity contribution in [2.45, 2.75) is 19.5 Å². The lowest BCUT2D eigenvalue weighted by molar-refractivity contribution is 0.168. The lowest BCUT2D eigenvalue weighted by atomic mass is 10.0. The first-order chi connectivity index (χ1) is 17.5. The number of rotatable bonds is 6. The number of carbonyl (C=O) groups excluding carboxylic acids is 1. The fraction of sp³-hybridized carbons (Fsp3) is 0.286. The average molecular weight is 485 g/mol. The largest absolute Gasteiger partial charge is 0.383 e. The molecule has 36 heavy (non-hydrogen) atoms. The zero-order valence-electron chi connectivity index (χ0n) is 21.2. The molecule has 1 atom stereocenters. The monoisotopic (exact) mass is 484 g/mol. The van der Waals surface area contributed by atoms with Crippen LogP contribution in [0.1, 0.15) is 28.6 Å². The summed E-state index contributed by atoms with van der Waals surface area (Å²) < 4.78 is 9.32. The van der Waals surface area contributed by atoms with E-state index in [2.05, 4.69) is 51.3 Å². The number of aromatic nitrogens is 3. The van der Waals surface area contributed by atoms with Crippen LogP contribution in [0.3, 0.4) is 0 Å². The van der Waals surface area contributed by atoms with Gasteiger partial charge in [-0.1, -0.05) is 30.3 Å². The second-order valence-electron chi connectivity index (χ2n) is 9.18. The van der Waals surface area contributed by atoms with Gasteiger partial charge in [-0.15, -0.1) is 0 Å². The smallest absolute Gasteiger partial charge is 0.318 e. The molecule has 0 aliphatic carbocycles. The van der Waals surface area contributed by atoms with Crippen molar-refractivity contribution in [3.8, 4) is 11.5 Å². The minimum Gasteiger partial charge on any atom is -0.383 e. The molecule has 0 saturated heterocycles. The van der Waals surface area contributed by atoms with Crippen LogP contribution in [0.15, 0.2) is 72.9 Å². The van der Waals surface area contributed by atoms with Gasteiger partial charge in [-0.05, 0) is 48.9 Å². The van der Waals surface area contributed by atoms with E-state index < -0.39 is 0 Å². The van der Waals surface area contributed by atoms with Gasteiger partial charge in [-0.25, -0.2) is 9.48 Å². The minimum atomic E-state index is -0.283. The highest BCUT2D eigenvalue weighted by molar-refractivity contribution is 5.76. The third-order valence-corrected chi connectivity index (χ3v) is 6.66. The van der Waals surface area contributed by atoms with E-state index in [9.17, 15) is 4.79 Å². The summed E-state index contributed by atoms with van der Waals surface area (Å²) in [6, 6.07) is 22.2. The summed E-state index contributed by atoms with van der Waals surface area (Å²) in [5.41, 5.74) is 6.05. The van der Waals surface area contributed by atoms with Crippen LogP contribution in [0.5, 0.6) is 0 Å². The molecule has 0 fully saturated rings. The van der Waals surface area contributed by atoms with Crippen molar-refractivity contribution in [1.29, 1.82) is 0 Å². The van der Waals surface area contributed by atoms with Crippen LogP contribution in [0.2, 0.25) is 0 Å². The number of hydrogen-bond acceptors (Lipinski definition) is 4. The zero-order chi connectivity index (χ0) is 25.2. The number of anilines is 1. The molecular weight excluding hydrogens is 452 g/mol. The number of urea groups is 1. The summed E-state index contributed by atoms with van der Waals surface area (Å²) in [5.74, 6) is 0.959. The lowest BCUT2D eigenvalue weighted by Gasteiger charge is -2.31. The molecule has 8 heteroatoms. The molecule has 2 aromatic heterocycles. The molecule has 0 spiro atoms. The van der Waals surface area contributed by atoms with Gasteiger partial charge in [0.25, 0.3) is 0 Å². The number of fused-ring (bicyclic) bond motifs is 3. The Labute approximate surface area is 211 Å². The Morgan fingerprint density at radius 1 is 1.08 bits per heavy atom. The van der Waals surface area contributed by atoms with E-state index in [1.165, 1.54) is 0 Å². The Bertz CT molecular complexity index is 1340. The summed E-state index contributed by atoms with van der Waals surface area (Å²) in [7, 11) is 5.68. The molecule has 5 rings (SSSR count). The van der Waals surface area contributed by atoms with E-state index in [0.717, 1.165) is 39.7 Å². The number of para-hydroxylation sites is 1. The molecule has 186 valence electrons. The molecule has 2 amide bonds. The van der Waals surface area contributed by atoms with E-state index in [1.807, 2.05) is 67.0 Å². The SMILES string of the molecule is COCCNC(=O)N1Cc2c(C)nn(-c3ccccc3)c2-n2cccc2[C@@H]1c1ccc(N(C)C)cc1. The summed E-state index contributed by atoms with van der Waals surface area (Å²) >= 11 is 0. The second-order valence-corrected chi connectivity index (χ2v) is 9.18. The van der Waals surface area contributed by atoms with Crippen molar-refractivity contribution in [3.05, 3.63) is 95.4 Å². The number of nitrogens with zero attached hydrogens (tertiary/aromatic N) is 5. The second kappa shape index (κ2) is 9.91. The Morgan fingerprint density at radius 3 is 2.53 bits per heavy atom. The van der Waals surface area contributed by atoms with Gasteiger partial charge in [0.05, 0.1) is 36.3 Å². The average Bonchev–Trinajstić information content (AvgIpc) is 3.45. The van der Waals surface area contributed by atoms with Gasteiger partial charge in [0, 0.05) is 45.2 Å². The summed E-state index contributed by atoms with van der Waals surface area (Å²) in [5, 5.41) is 7.93. The minimum absolute atomic E-state index is 0.138. The predicted octanol–water partition coefficient (Wildman–Crippen LogP) is 4.30. The van der Waals surface area contributed by atoms with Crippen LogP contribution in [-0.4, -0.2) is 59.6 Å². The molecule has 1 aliphatic rings. The number of hydrogen-bond donors (Lipinski definition) is 1. The maximum Gasteiger partial charge on any atom is 0.318 e. The van der Waals surface area contributed by atoms with E-state index in [-0.39, 0.29) is 12.1 Å². The zero-order valence-corrected chi connectivity index (χ0v) is 21.2. The van der Waals surface area contributed by atoms with Crippen LogP contribution in [0.4, 0.5) is 10.5 Å². The molecule has 1 N–H and O–H groups in total. The highest BCUT2D eigenvalue weighted by Gasteiger charge is 2.35. The highest BCUT2D eigenvalue weighted by atomic mass is 16.5. The summed E-state index contributed by atoms with van der Waals surface area (Å²) in [6.07, 6.45) is 2.06. The van der Waals surface area contributed by atoms with Crippen molar-refractivity contribution in [1.82, 2.24) is 24.6 Å². The molecule has 8 nitrogen and oxygen atoms in total. The quantitative estimate of drug-likeness (QED) is 0.415. The lowest BCUT2D eigenvalue weighted by Crippen LogP contribution is -2.43. The van der Waals surface area contributed by atoms with Crippen molar-refractivity contribution in [3.63, 3.8) is 0 Å². The number of benzene rings is 2. The first-order valence-corrected chi connectivity index (χ1v) is 12.1. The molecule has 0 saturated carbocycles. The standard InChI is InChI=1S/C28H32N6O2/c1-20-24-19-33(28(35)29-16-18-36-4)26(21-12-14-22(15-13-21)31(2)3)25-11-8-17-32(25)27(24)34(30-20)23-9-6-5-7-10-23/h5-15,17,26H,16,18-19H2,1-4H3,(H,29,35)/t26-/m0/s1. The molecule has 2 aromatic carbocycles. The van der Waals surface area contributed by atoms with E-state index in [4.69, 9.17) is 9.84 Å². The van der Waals surface area contributed by atoms with E-state index in [1.54, 1.807) is 7.11 Å². The van der Waals surface area contributed by atoms with Gasteiger partial charge < -0.3 is 24.4 Å². The third-order valence-electron chi connectivity index (χ3n) is 6.66. The Kier molecular flexibility index (Phi) is 6.52. The van der Waals surface area contributed by atoms with Gasteiger partial charge in [-0.3, -0.25) is 0 Å². The fourth-order valence-corrected chi connectivity index (χ4v) is 4.82. The Hall–Kier alpha value is -4.04. The molecule has 0 radical (unpaired) electrons. The number of amides is 2. The molecule has 3 heterocycles. The fourth-order valence-electron chi connectivity index (χ4n) is 4.82. The molecule has 0 unspecified atom stereocenters. The maximum absolute atomic E-state index is 13.6. The first kappa shape index (κ1) is 23.7. The number of aryl methyl sites for hydroxylation is 1. The van der Waals surface area contributed by atoms with E-state index >= 15 is 0 Å². The van der Waals surface area contributed by atoms with Crippen LogP contribution >= 0.6 is 0 Å². The molecule has 0 bridgehead atoms. The van der Waals surface area contributed by atoms with E-state index in [0.29, 0.717) is 19.7 Å². The van der Waals surface area contributed by atoms with Gasteiger partial charge in [0.1, 0.15) is 5.82 Å². The van der Waals surface area contributed by atoms with Crippen molar-refractivity contribution >= 4 is 11.7 Å². The highest BCUT2D eigenvalue weighted by Crippen LogP contribution is 2.38. The topological polar surface area (TPSA) is 67.6 Å². The van der Waals surface area contributed by atoms with Crippen LogP contribution in [-0.2, 0) is 11.3 Å². The number of carbonyl (C=O) groups is 1. The normalized spacial score (nSPS) is 14.7. The molecule has 4 aromatic rings. The van der Waals surface area contributed by atoms with Gasteiger partial charge >= 0.3 is 6.03 Å². The third kappa shape index (κ3) is 4.24. The maximum atomic E-state index is 13.6. The Balaban J connectivity index is 1.67. The van der Waals surface area contributed by atoms with Crippen LogP contribution < -0.4 is 10.2 Å². The summed E-state index contributed by atoms with van der Waals surface area (Å²) in [4.78, 5) is 17.6. The summed E-state index contributed by atoms with van der Waals surface area (Å²) in [6.45, 7) is 3.33. The van der Waals surface area contributed by atoms with Gasteiger partial charge in [0.2, 0.25) is 0 Å². The molecular formula is C28H32N6O2. The number of ether oxygens (including phenoxy) is 1. The predicted molar refractivity (Wildman–Crippen MR) is 141 cm³/mol. The van der Waals surface area contributed by atoms with Gasteiger partial charge in [0.15, 0.2) is 0 Å².